The average Bonchev–Trinajstić information content (AvgIpc) is 2.58. The fraction of sp³-hybridized carbons (Fsp3) is 0.800. The number of aliphatic hydroxyl groups excluding tert-OH is 1. The number of allylic oxidation sites excluding steroid dienone is 2. The van der Waals surface area contributed by atoms with Gasteiger partial charge in [0.15, 0.2) is 0 Å². The van der Waals surface area contributed by atoms with E-state index in [1.54, 1.807) is 0 Å². The van der Waals surface area contributed by atoms with Crippen molar-refractivity contribution in [2.24, 2.45) is 0 Å². The third-order valence-electron chi connectivity index (χ3n) is 3.79. The normalized spacial score (nSPS) is 10.5. The lowest BCUT2D eigenvalue weighted by atomic mass is 10.1. The van der Waals surface area contributed by atoms with Gasteiger partial charge in [0.25, 0.3) is 0 Å². The number of rotatable bonds is 16. The van der Waals surface area contributed by atoms with E-state index < -0.39 is 18.5 Å². The largest absolute Gasteiger partial charge is 0.481 e. The molecule has 148 valence electrons. The Morgan fingerprint density at radius 3 is 1.48 bits per heavy atom. The van der Waals surface area contributed by atoms with Crippen molar-refractivity contribution in [3.05, 3.63) is 12.2 Å². The third-order valence-corrected chi connectivity index (χ3v) is 3.79. The quantitative estimate of drug-likeness (QED) is 0.261. The van der Waals surface area contributed by atoms with E-state index in [9.17, 15) is 4.79 Å². The van der Waals surface area contributed by atoms with Gasteiger partial charge in [-0.15, -0.1) is 0 Å². The molecule has 0 bridgehead atoms. The van der Waals surface area contributed by atoms with Gasteiger partial charge in [0.05, 0.1) is 0 Å². The summed E-state index contributed by atoms with van der Waals surface area (Å²) in [5, 5.41) is 23.5. The Labute approximate surface area is 153 Å². The first-order valence-corrected chi connectivity index (χ1v) is 9.74. The molecule has 0 aliphatic heterocycles. The molecule has 0 rings (SSSR count). The maximum Gasteiger partial charge on any atom is 0.329 e. The molecule has 0 aromatic heterocycles. The van der Waals surface area contributed by atoms with Crippen molar-refractivity contribution in [2.45, 2.75) is 96.8 Å². The highest BCUT2D eigenvalue weighted by atomic mass is 16.4. The Balaban J connectivity index is 0. The summed E-state index contributed by atoms with van der Waals surface area (Å²) < 4.78 is 0. The second-order valence-electron chi connectivity index (χ2n) is 6.28. The Morgan fingerprint density at radius 2 is 1.08 bits per heavy atom. The molecule has 0 aromatic carbocycles. The molecule has 0 spiro atoms. The minimum absolute atomic E-state index is 0.332. The van der Waals surface area contributed by atoms with Gasteiger partial charge in [0.1, 0.15) is 6.61 Å². The fourth-order valence-electron chi connectivity index (χ4n) is 2.35. The molecule has 5 nitrogen and oxygen atoms in total. The Morgan fingerprint density at radius 1 is 0.680 bits per heavy atom. The summed E-state index contributed by atoms with van der Waals surface area (Å²) in [7, 11) is 0. The van der Waals surface area contributed by atoms with E-state index in [0.29, 0.717) is 6.42 Å². The first-order valence-electron chi connectivity index (χ1n) is 9.74. The van der Waals surface area contributed by atoms with E-state index in [1.807, 2.05) is 0 Å². The van der Waals surface area contributed by atoms with Crippen LogP contribution in [0.1, 0.15) is 96.8 Å². The average molecular weight is 359 g/mol. The van der Waals surface area contributed by atoms with Gasteiger partial charge in [-0.05, 0) is 32.1 Å². The minimum Gasteiger partial charge on any atom is -0.481 e. The lowest BCUT2D eigenvalue weighted by molar-refractivity contribution is -0.140. The number of carboxylic acids is 2. The number of aliphatic hydroxyl groups is 1. The zero-order valence-corrected chi connectivity index (χ0v) is 15.9. The van der Waals surface area contributed by atoms with E-state index in [4.69, 9.17) is 20.1 Å². The number of hydrogen-bond donors (Lipinski definition) is 3. The van der Waals surface area contributed by atoms with Crippen LogP contribution in [0.3, 0.4) is 0 Å². The molecule has 0 aromatic rings. The van der Waals surface area contributed by atoms with Crippen molar-refractivity contribution in [1.29, 1.82) is 0 Å². The smallest absolute Gasteiger partial charge is 0.329 e. The van der Waals surface area contributed by atoms with Crippen LogP contribution in [0.4, 0.5) is 0 Å². The SMILES string of the molecule is CCCCCCCC/C=C\CCCCCCCC(=O)O.O=C(O)CO. The first kappa shape index (κ1) is 25.9. The lowest BCUT2D eigenvalue weighted by Crippen LogP contribution is -1.98. The number of hydrogen-bond acceptors (Lipinski definition) is 3. The van der Waals surface area contributed by atoms with Gasteiger partial charge < -0.3 is 15.3 Å². The monoisotopic (exact) mass is 358 g/mol. The highest BCUT2D eigenvalue weighted by Crippen LogP contribution is 2.09. The summed E-state index contributed by atoms with van der Waals surface area (Å²) >= 11 is 0. The number of aliphatic carboxylic acids is 2. The third kappa shape index (κ3) is 31.0. The maximum absolute atomic E-state index is 10.3. The summed E-state index contributed by atoms with van der Waals surface area (Å²) in [6.45, 7) is 1.48. The van der Waals surface area contributed by atoms with Crippen molar-refractivity contribution in [2.75, 3.05) is 6.61 Å². The highest BCUT2D eigenvalue weighted by Gasteiger charge is 1.95. The highest BCUT2D eigenvalue weighted by molar-refractivity contribution is 5.67. The Kier molecular flexibility index (Phi) is 23.4. The zero-order chi connectivity index (χ0) is 19.2. The maximum atomic E-state index is 10.3. The molecule has 0 radical (unpaired) electrons. The molecule has 0 unspecified atom stereocenters. The number of carboxylic acid groups (broad SMARTS) is 2. The van der Waals surface area contributed by atoms with E-state index in [1.165, 1.54) is 70.6 Å². The number of carbonyl (C=O) groups is 2. The molecule has 0 fully saturated rings. The van der Waals surface area contributed by atoms with Gasteiger partial charge in [-0.25, -0.2) is 4.79 Å². The van der Waals surface area contributed by atoms with Crippen LogP contribution in [0.5, 0.6) is 0 Å². The van der Waals surface area contributed by atoms with Gasteiger partial charge in [0, 0.05) is 6.42 Å². The van der Waals surface area contributed by atoms with Crippen LogP contribution < -0.4 is 0 Å². The van der Waals surface area contributed by atoms with Gasteiger partial charge in [-0.2, -0.15) is 0 Å². The summed E-state index contributed by atoms with van der Waals surface area (Å²) in [5.74, 6) is -1.85. The van der Waals surface area contributed by atoms with Crippen LogP contribution in [0.2, 0.25) is 0 Å². The van der Waals surface area contributed by atoms with Gasteiger partial charge >= 0.3 is 11.9 Å². The Hall–Kier alpha value is -1.36. The molecule has 0 aliphatic carbocycles. The van der Waals surface area contributed by atoms with Crippen molar-refractivity contribution in [3.8, 4) is 0 Å². The molecule has 0 amide bonds. The first-order chi connectivity index (χ1) is 12.0. The van der Waals surface area contributed by atoms with Crippen LogP contribution in [0.25, 0.3) is 0 Å². The van der Waals surface area contributed by atoms with Crippen molar-refractivity contribution in [3.63, 3.8) is 0 Å². The van der Waals surface area contributed by atoms with E-state index in [-0.39, 0.29) is 0 Å². The minimum atomic E-state index is -1.19. The Bertz CT molecular complexity index is 326. The predicted molar refractivity (Wildman–Crippen MR) is 102 cm³/mol. The molecule has 3 N–H and O–H groups in total. The van der Waals surface area contributed by atoms with Gasteiger partial charge in [-0.1, -0.05) is 70.4 Å². The fourth-order valence-corrected chi connectivity index (χ4v) is 2.35. The summed E-state index contributed by atoms with van der Waals surface area (Å²) in [4.78, 5) is 19.4. The van der Waals surface area contributed by atoms with E-state index in [2.05, 4.69) is 19.1 Å². The molecule has 0 aliphatic rings. The topological polar surface area (TPSA) is 94.8 Å². The van der Waals surface area contributed by atoms with Crippen LogP contribution in [0.15, 0.2) is 12.2 Å². The van der Waals surface area contributed by atoms with E-state index >= 15 is 0 Å². The van der Waals surface area contributed by atoms with Crippen LogP contribution >= 0.6 is 0 Å². The molecule has 25 heavy (non-hydrogen) atoms. The second kappa shape index (κ2) is 22.6. The molecule has 0 atom stereocenters. The van der Waals surface area contributed by atoms with Gasteiger partial charge in [0.2, 0.25) is 0 Å². The second-order valence-corrected chi connectivity index (χ2v) is 6.28. The molecule has 0 saturated heterocycles. The summed E-state index contributed by atoms with van der Waals surface area (Å²) in [6, 6.07) is 0. The molecular weight excluding hydrogens is 320 g/mol. The van der Waals surface area contributed by atoms with Gasteiger partial charge in [-0.3, -0.25) is 4.79 Å². The van der Waals surface area contributed by atoms with Crippen LogP contribution in [-0.2, 0) is 9.59 Å². The summed E-state index contributed by atoms with van der Waals surface area (Å²) in [6.07, 6.45) is 21.2. The molecule has 0 saturated carbocycles. The van der Waals surface area contributed by atoms with Crippen LogP contribution in [-0.4, -0.2) is 33.9 Å². The lowest BCUT2D eigenvalue weighted by Gasteiger charge is -1.99. The number of unbranched alkanes of at least 4 members (excludes halogenated alkanes) is 11. The zero-order valence-electron chi connectivity index (χ0n) is 15.9. The van der Waals surface area contributed by atoms with Crippen molar-refractivity contribution < 1.29 is 24.9 Å². The molecule has 5 heteroatoms. The molecular formula is C20H38O5. The summed E-state index contributed by atoms with van der Waals surface area (Å²) in [5.41, 5.74) is 0. The standard InChI is InChI=1S/C18H34O2.C2H4O3/c1-2-3-4-5-6-7-8-9-10-11-12-13-14-15-16-17-18(19)20;3-1-2(4)5/h9-10H,2-8,11-17H2,1H3,(H,19,20);3H,1H2,(H,4,5)/b10-9-;. The van der Waals surface area contributed by atoms with Crippen molar-refractivity contribution in [1.82, 2.24) is 0 Å². The molecule has 0 heterocycles. The van der Waals surface area contributed by atoms with E-state index in [0.717, 1.165) is 12.8 Å². The predicted octanol–water partition coefficient (Wildman–Crippen LogP) is 5.17. The van der Waals surface area contributed by atoms with Crippen molar-refractivity contribution >= 4 is 11.9 Å². The van der Waals surface area contributed by atoms with Crippen LogP contribution in [0, 0.1) is 0 Å².